The van der Waals surface area contributed by atoms with Crippen molar-refractivity contribution >= 4 is 89.7 Å². The molecule has 2 rings (SSSR count). The number of benzene rings is 2. The standard InChI is InChI=1S/C18H18Cl6N2O7S2/c1-31-15(17(19,20)21)25-34(27,28)13-7-3-11(4-8-13)33-12-5-9-14(10-6-12)35(29,30)26-16(32-2)18(22,23)24/h3-10,15-16,25-26H,1-2H3. The molecule has 0 spiro atoms. The summed E-state index contributed by atoms with van der Waals surface area (Å²) >= 11 is 34.2. The Balaban J connectivity index is 2.12. The zero-order valence-corrected chi connectivity index (χ0v) is 23.9. The summed E-state index contributed by atoms with van der Waals surface area (Å²) in [6.07, 6.45) is -2.85. The molecule has 2 aromatic carbocycles. The molecule has 0 fully saturated rings. The van der Waals surface area contributed by atoms with Crippen molar-refractivity contribution in [2.24, 2.45) is 0 Å². The van der Waals surface area contributed by atoms with Gasteiger partial charge in [-0.3, -0.25) is 0 Å². The molecular formula is C18H18Cl6N2O7S2. The van der Waals surface area contributed by atoms with Crippen LogP contribution in [0.4, 0.5) is 0 Å². The van der Waals surface area contributed by atoms with E-state index in [2.05, 4.69) is 9.44 Å². The predicted molar refractivity (Wildman–Crippen MR) is 136 cm³/mol. The van der Waals surface area contributed by atoms with E-state index in [1.807, 2.05) is 0 Å². The Morgan fingerprint density at radius 3 is 1.14 bits per heavy atom. The minimum atomic E-state index is -4.09. The quantitative estimate of drug-likeness (QED) is 0.282. The van der Waals surface area contributed by atoms with Crippen molar-refractivity contribution in [2.45, 2.75) is 29.8 Å². The highest BCUT2D eigenvalue weighted by atomic mass is 35.6. The first-order valence-corrected chi connectivity index (χ1v) is 14.3. The summed E-state index contributed by atoms with van der Waals surface area (Å²) in [7, 11) is -5.82. The van der Waals surface area contributed by atoms with E-state index in [9.17, 15) is 16.8 Å². The van der Waals surface area contributed by atoms with Gasteiger partial charge in [0.25, 0.3) is 0 Å². The third-order valence-corrected chi connectivity index (χ3v) is 8.12. The minimum Gasteiger partial charge on any atom is -0.457 e. The molecule has 0 heterocycles. The van der Waals surface area contributed by atoms with Gasteiger partial charge in [-0.25, -0.2) is 16.8 Å². The lowest BCUT2D eigenvalue weighted by Crippen LogP contribution is -2.44. The molecule has 35 heavy (non-hydrogen) atoms. The fourth-order valence-electron chi connectivity index (χ4n) is 2.42. The van der Waals surface area contributed by atoms with Gasteiger partial charge in [0.05, 0.1) is 9.79 Å². The minimum absolute atomic E-state index is 0.143. The van der Waals surface area contributed by atoms with Gasteiger partial charge in [-0.1, -0.05) is 69.6 Å². The van der Waals surface area contributed by atoms with E-state index in [4.69, 9.17) is 83.8 Å². The van der Waals surface area contributed by atoms with Crippen LogP contribution in [0.25, 0.3) is 0 Å². The number of sulfonamides is 2. The second kappa shape index (κ2) is 12.1. The summed E-state index contributed by atoms with van der Waals surface area (Å²) in [4.78, 5) is -0.286. The van der Waals surface area contributed by atoms with Crippen molar-refractivity contribution in [1.82, 2.24) is 9.44 Å². The van der Waals surface area contributed by atoms with E-state index in [0.717, 1.165) is 0 Å². The summed E-state index contributed by atoms with van der Waals surface area (Å²) in [6, 6.07) is 10.5. The molecule has 0 bridgehead atoms. The zero-order chi connectivity index (χ0) is 26.7. The van der Waals surface area contributed by atoms with Crippen LogP contribution < -0.4 is 14.2 Å². The van der Waals surface area contributed by atoms with E-state index >= 15 is 0 Å². The van der Waals surface area contributed by atoms with Gasteiger partial charge >= 0.3 is 0 Å². The van der Waals surface area contributed by atoms with Crippen LogP contribution in [0, 0.1) is 0 Å². The molecule has 0 aliphatic heterocycles. The van der Waals surface area contributed by atoms with Gasteiger partial charge < -0.3 is 14.2 Å². The van der Waals surface area contributed by atoms with Crippen molar-refractivity contribution in [1.29, 1.82) is 0 Å². The fraction of sp³-hybridized carbons (Fsp3) is 0.333. The van der Waals surface area contributed by atoms with Crippen LogP contribution in [-0.2, 0) is 29.5 Å². The van der Waals surface area contributed by atoms with E-state index in [0.29, 0.717) is 0 Å². The summed E-state index contributed by atoms with van der Waals surface area (Å²) < 4.78 is 65.6. The molecule has 0 aliphatic carbocycles. The molecule has 0 amide bonds. The van der Waals surface area contributed by atoms with Gasteiger partial charge in [0.1, 0.15) is 11.5 Å². The molecule has 2 aromatic rings. The smallest absolute Gasteiger partial charge is 0.242 e. The Kier molecular flexibility index (Phi) is 10.7. The number of alkyl halides is 6. The lowest BCUT2D eigenvalue weighted by atomic mass is 10.3. The van der Waals surface area contributed by atoms with Crippen LogP contribution in [0.5, 0.6) is 11.5 Å². The van der Waals surface area contributed by atoms with Gasteiger partial charge in [-0.2, -0.15) is 9.44 Å². The average Bonchev–Trinajstić information content (AvgIpc) is 2.75. The van der Waals surface area contributed by atoms with Crippen LogP contribution in [0.3, 0.4) is 0 Å². The van der Waals surface area contributed by atoms with Gasteiger partial charge in [-0.15, -0.1) is 0 Å². The Hall–Kier alpha value is -0.280. The lowest BCUT2D eigenvalue weighted by Gasteiger charge is -2.23. The SMILES string of the molecule is COC(NS(=O)(=O)c1ccc(Oc2ccc(S(=O)(=O)NC(OC)C(Cl)(Cl)Cl)cc2)cc1)C(Cl)(Cl)Cl. The molecule has 0 saturated heterocycles. The normalized spacial score (nSPS) is 15.0. The molecule has 0 radical (unpaired) electrons. The molecule has 0 aliphatic rings. The largest absolute Gasteiger partial charge is 0.457 e. The average molecular weight is 651 g/mol. The molecule has 196 valence electrons. The van der Waals surface area contributed by atoms with Crippen molar-refractivity contribution in [3.63, 3.8) is 0 Å². The summed E-state index contributed by atoms with van der Waals surface area (Å²) in [5.41, 5.74) is 0. The van der Waals surface area contributed by atoms with Crippen LogP contribution in [0.15, 0.2) is 58.3 Å². The highest BCUT2D eigenvalue weighted by Crippen LogP contribution is 2.33. The number of halogens is 6. The van der Waals surface area contributed by atoms with Crippen molar-refractivity contribution < 1.29 is 31.0 Å². The number of hydrogen-bond donors (Lipinski definition) is 2. The Labute approximate surface area is 232 Å². The molecule has 0 saturated carbocycles. The Morgan fingerprint density at radius 1 is 0.629 bits per heavy atom. The maximum absolute atomic E-state index is 12.5. The van der Waals surface area contributed by atoms with E-state index in [-0.39, 0.29) is 21.3 Å². The van der Waals surface area contributed by atoms with E-state index < -0.39 is 40.1 Å². The van der Waals surface area contributed by atoms with E-state index in [1.54, 1.807) is 0 Å². The van der Waals surface area contributed by atoms with Crippen LogP contribution in [0.1, 0.15) is 0 Å². The molecule has 0 aromatic heterocycles. The summed E-state index contributed by atoms with van der Waals surface area (Å²) in [5.74, 6) is 0.524. The number of ether oxygens (including phenoxy) is 3. The first kappa shape index (κ1) is 30.9. The van der Waals surface area contributed by atoms with Gasteiger partial charge in [0.15, 0.2) is 12.5 Å². The Morgan fingerprint density at radius 2 is 0.914 bits per heavy atom. The van der Waals surface area contributed by atoms with Gasteiger partial charge in [0.2, 0.25) is 27.6 Å². The van der Waals surface area contributed by atoms with Crippen LogP contribution in [0.2, 0.25) is 0 Å². The van der Waals surface area contributed by atoms with E-state index in [1.165, 1.54) is 62.8 Å². The molecule has 9 nitrogen and oxygen atoms in total. The first-order valence-electron chi connectivity index (χ1n) is 9.11. The van der Waals surface area contributed by atoms with Crippen molar-refractivity contribution in [3.05, 3.63) is 48.5 Å². The highest BCUT2D eigenvalue weighted by molar-refractivity contribution is 7.89. The zero-order valence-electron chi connectivity index (χ0n) is 17.7. The molecule has 17 heteroatoms. The summed E-state index contributed by atoms with van der Waals surface area (Å²) in [6.45, 7) is 0. The van der Waals surface area contributed by atoms with Crippen LogP contribution >= 0.6 is 69.6 Å². The van der Waals surface area contributed by atoms with Crippen molar-refractivity contribution in [2.75, 3.05) is 14.2 Å². The number of nitrogens with one attached hydrogen (secondary N) is 2. The number of hydrogen-bond acceptors (Lipinski definition) is 7. The molecular weight excluding hydrogens is 633 g/mol. The third-order valence-electron chi connectivity index (χ3n) is 4.09. The van der Waals surface area contributed by atoms with Gasteiger partial charge in [0, 0.05) is 14.2 Å². The third kappa shape index (κ3) is 8.91. The topological polar surface area (TPSA) is 120 Å². The second-order valence-electron chi connectivity index (χ2n) is 6.60. The predicted octanol–water partition coefficient (Wildman–Crippen LogP) is 4.72. The Bertz CT molecular complexity index is 1100. The fourth-order valence-corrected chi connectivity index (χ4v) is 6.05. The summed E-state index contributed by atoms with van der Waals surface area (Å²) in [5, 5.41) is 0. The highest BCUT2D eigenvalue weighted by Gasteiger charge is 2.37. The monoisotopic (exact) mass is 648 g/mol. The maximum Gasteiger partial charge on any atom is 0.242 e. The number of rotatable bonds is 10. The first-order chi connectivity index (χ1) is 16.0. The molecule has 2 unspecified atom stereocenters. The number of methoxy groups -OCH3 is 2. The molecule has 2 atom stereocenters. The van der Waals surface area contributed by atoms with Gasteiger partial charge in [-0.05, 0) is 48.5 Å². The molecule has 2 N–H and O–H groups in total. The van der Waals surface area contributed by atoms with Crippen LogP contribution in [-0.4, -0.2) is 51.1 Å². The maximum atomic E-state index is 12.5. The van der Waals surface area contributed by atoms with Crippen molar-refractivity contribution in [3.8, 4) is 11.5 Å². The second-order valence-corrected chi connectivity index (χ2v) is 14.8. The lowest BCUT2D eigenvalue weighted by molar-refractivity contribution is 0.0968.